The number of likely N-dealkylation sites (N-methyl/N-ethyl adjacent to an activating group) is 1. The van der Waals surface area contributed by atoms with Gasteiger partial charge in [-0.25, -0.2) is 8.78 Å². The first-order valence-electron chi connectivity index (χ1n) is 12.1. The lowest BCUT2D eigenvalue weighted by Gasteiger charge is -2.37. The van der Waals surface area contributed by atoms with Crippen LogP contribution in [0.5, 0.6) is 0 Å². The first-order valence-corrected chi connectivity index (χ1v) is 12.1. The summed E-state index contributed by atoms with van der Waals surface area (Å²) < 4.78 is 28.8. The third-order valence-electron chi connectivity index (χ3n) is 7.62. The summed E-state index contributed by atoms with van der Waals surface area (Å²) in [5.41, 5.74) is 2.61. The first kappa shape index (κ1) is 22.3. The number of benzene rings is 2. The van der Waals surface area contributed by atoms with Crippen molar-refractivity contribution in [3.63, 3.8) is 0 Å². The van der Waals surface area contributed by atoms with E-state index >= 15 is 0 Å². The fourth-order valence-corrected chi connectivity index (χ4v) is 5.65. The van der Waals surface area contributed by atoms with Crippen LogP contribution in [-0.4, -0.2) is 54.0 Å². The average molecular weight is 454 g/mol. The summed E-state index contributed by atoms with van der Waals surface area (Å²) in [6.45, 7) is 6.82. The molecule has 5 rings (SSSR count). The van der Waals surface area contributed by atoms with Crippen LogP contribution >= 0.6 is 0 Å². The molecule has 2 saturated heterocycles. The molecular weight excluding hydrogens is 420 g/mol. The van der Waals surface area contributed by atoms with Crippen LogP contribution in [0.25, 0.3) is 22.0 Å². The van der Waals surface area contributed by atoms with Crippen molar-refractivity contribution in [1.29, 1.82) is 0 Å². The highest BCUT2D eigenvalue weighted by Crippen LogP contribution is 2.36. The van der Waals surface area contributed by atoms with E-state index in [4.69, 9.17) is 0 Å². The molecule has 0 saturated carbocycles. The van der Waals surface area contributed by atoms with Gasteiger partial charge in [0.1, 0.15) is 11.6 Å². The van der Waals surface area contributed by atoms with Gasteiger partial charge in [-0.2, -0.15) is 5.10 Å². The van der Waals surface area contributed by atoms with E-state index in [1.54, 1.807) is 13.0 Å². The zero-order valence-electron chi connectivity index (χ0n) is 19.7. The van der Waals surface area contributed by atoms with Crippen molar-refractivity contribution in [2.24, 2.45) is 5.92 Å². The van der Waals surface area contributed by atoms with E-state index in [0.717, 1.165) is 49.2 Å². The van der Waals surface area contributed by atoms with E-state index in [1.165, 1.54) is 31.0 Å². The Labute approximate surface area is 194 Å². The molecule has 0 aliphatic carbocycles. The maximum Gasteiger partial charge on any atom is 0.158 e. The molecule has 1 aromatic heterocycles. The van der Waals surface area contributed by atoms with E-state index in [1.807, 2.05) is 6.07 Å². The van der Waals surface area contributed by atoms with Gasteiger partial charge < -0.3 is 10.2 Å². The van der Waals surface area contributed by atoms with Gasteiger partial charge in [0, 0.05) is 36.6 Å². The zero-order chi connectivity index (χ0) is 23.1. The molecule has 0 spiro atoms. The second kappa shape index (κ2) is 9.03. The van der Waals surface area contributed by atoms with E-state index in [9.17, 15) is 8.78 Å². The fourth-order valence-electron chi connectivity index (χ4n) is 5.65. The number of halogens is 2. The summed E-state index contributed by atoms with van der Waals surface area (Å²) in [4.78, 5) is 4.79. The van der Waals surface area contributed by atoms with Gasteiger partial charge in [0.25, 0.3) is 0 Å². The molecule has 33 heavy (non-hydrogen) atoms. The van der Waals surface area contributed by atoms with E-state index in [-0.39, 0.29) is 11.6 Å². The Kier molecular flexibility index (Phi) is 6.10. The first-order chi connectivity index (χ1) is 16.0. The van der Waals surface area contributed by atoms with Crippen molar-refractivity contribution >= 4 is 16.7 Å². The molecule has 3 heterocycles. The van der Waals surface area contributed by atoms with E-state index in [0.29, 0.717) is 34.8 Å². The SMILES string of the molecule is CCCC1NCC(C2CCN(c3n[nH]c4c(-c5ccc(C)c(F)c5)cc(F)cc34)CC2)N1C. The molecule has 2 unspecified atom stereocenters. The van der Waals surface area contributed by atoms with Gasteiger partial charge in [-0.3, -0.25) is 10.00 Å². The molecule has 0 radical (unpaired) electrons. The highest BCUT2D eigenvalue weighted by molar-refractivity contribution is 6.00. The average Bonchev–Trinajstić information content (AvgIpc) is 3.39. The minimum Gasteiger partial charge on any atom is -0.355 e. The molecule has 2 atom stereocenters. The number of hydrogen-bond acceptors (Lipinski definition) is 4. The number of aromatic nitrogens is 2. The van der Waals surface area contributed by atoms with Crippen molar-refractivity contribution in [2.45, 2.75) is 51.7 Å². The van der Waals surface area contributed by atoms with Crippen LogP contribution in [-0.2, 0) is 0 Å². The van der Waals surface area contributed by atoms with E-state index in [2.05, 4.69) is 39.3 Å². The summed E-state index contributed by atoms with van der Waals surface area (Å²) in [5, 5.41) is 12.1. The Morgan fingerprint density at radius 3 is 2.64 bits per heavy atom. The molecule has 5 nitrogen and oxygen atoms in total. The smallest absolute Gasteiger partial charge is 0.158 e. The minimum atomic E-state index is -0.336. The lowest BCUT2D eigenvalue weighted by atomic mass is 9.89. The van der Waals surface area contributed by atoms with Crippen LogP contribution in [0.15, 0.2) is 30.3 Å². The van der Waals surface area contributed by atoms with Crippen LogP contribution in [0.1, 0.15) is 38.2 Å². The van der Waals surface area contributed by atoms with Gasteiger partial charge in [-0.05, 0) is 68.5 Å². The largest absolute Gasteiger partial charge is 0.355 e. The number of H-pyrrole nitrogens is 1. The highest BCUT2D eigenvalue weighted by Gasteiger charge is 2.36. The Morgan fingerprint density at radius 2 is 1.91 bits per heavy atom. The normalized spacial score (nSPS) is 22.5. The molecular formula is C26H33F2N5. The van der Waals surface area contributed by atoms with Crippen LogP contribution in [0.4, 0.5) is 14.6 Å². The second-order valence-electron chi connectivity index (χ2n) is 9.66. The monoisotopic (exact) mass is 453 g/mol. The number of nitrogens with zero attached hydrogens (tertiary/aromatic N) is 3. The standard InChI is InChI=1S/C26H33F2N5/c1-4-5-24-29-15-23(32(24)3)17-8-10-33(11-9-17)26-21-14-19(27)13-20(25(21)30-31-26)18-7-6-16(2)22(28)12-18/h6-7,12-14,17,23-24,29H,4-5,8-11,15H2,1-3H3,(H,30,31). The molecule has 2 N–H and O–H groups in total. The molecule has 3 aromatic rings. The molecule has 2 aromatic carbocycles. The summed E-state index contributed by atoms with van der Waals surface area (Å²) >= 11 is 0. The fraction of sp³-hybridized carbons (Fsp3) is 0.500. The number of aromatic amines is 1. The van der Waals surface area contributed by atoms with Crippen LogP contribution in [0, 0.1) is 24.5 Å². The van der Waals surface area contributed by atoms with Crippen LogP contribution in [0.2, 0.25) is 0 Å². The third-order valence-corrected chi connectivity index (χ3v) is 7.62. The molecule has 176 valence electrons. The van der Waals surface area contributed by atoms with Crippen molar-refractivity contribution in [2.75, 3.05) is 31.6 Å². The van der Waals surface area contributed by atoms with Crippen molar-refractivity contribution < 1.29 is 8.78 Å². The lowest BCUT2D eigenvalue weighted by molar-refractivity contribution is 0.160. The van der Waals surface area contributed by atoms with Crippen molar-refractivity contribution in [1.82, 2.24) is 20.4 Å². The predicted molar refractivity (Wildman–Crippen MR) is 129 cm³/mol. The maximum atomic E-state index is 14.6. The topological polar surface area (TPSA) is 47.2 Å². The third kappa shape index (κ3) is 4.13. The summed E-state index contributed by atoms with van der Waals surface area (Å²) in [7, 11) is 2.25. The Morgan fingerprint density at radius 1 is 1.12 bits per heavy atom. The molecule has 7 heteroatoms. The zero-order valence-corrected chi connectivity index (χ0v) is 19.7. The Balaban J connectivity index is 1.36. The van der Waals surface area contributed by atoms with Gasteiger partial charge in [0.15, 0.2) is 5.82 Å². The van der Waals surface area contributed by atoms with Crippen LogP contribution < -0.4 is 10.2 Å². The van der Waals surface area contributed by atoms with Crippen molar-refractivity contribution in [3.05, 3.63) is 47.5 Å². The number of piperidine rings is 1. The molecule has 2 aliphatic rings. The summed E-state index contributed by atoms with van der Waals surface area (Å²) in [6, 6.07) is 8.59. The minimum absolute atomic E-state index is 0.292. The van der Waals surface area contributed by atoms with Crippen LogP contribution in [0.3, 0.4) is 0 Å². The molecule has 0 amide bonds. The van der Waals surface area contributed by atoms with Gasteiger partial charge in [0.2, 0.25) is 0 Å². The predicted octanol–water partition coefficient (Wildman–Crippen LogP) is 5.06. The quantitative estimate of drug-likeness (QED) is 0.567. The number of rotatable bonds is 5. The van der Waals surface area contributed by atoms with E-state index < -0.39 is 0 Å². The number of anilines is 1. The summed E-state index contributed by atoms with van der Waals surface area (Å²) in [6.07, 6.45) is 5.04. The van der Waals surface area contributed by atoms with Gasteiger partial charge >= 0.3 is 0 Å². The molecule has 2 fully saturated rings. The van der Waals surface area contributed by atoms with Crippen molar-refractivity contribution in [3.8, 4) is 11.1 Å². The maximum absolute atomic E-state index is 14.6. The number of aryl methyl sites for hydroxylation is 1. The molecule has 0 bridgehead atoms. The number of fused-ring (bicyclic) bond motifs is 1. The van der Waals surface area contributed by atoms with Gasteiger partial charge in [-0.15, -0.1) is 0 Å². The van der Waals surface area contributed by atoms with Gasteiger partial charge in [-0.1, -0.05) is 25.5 Å². The number of hydrogen-bond donors (Lipinski definition) is 2. The molecule has 2 aliphatic heterocycles. The highest BCUT2D eigenvalue weighted by atomic mass is 19.1. The summed E-state index contributed by atoms with van der Waals surface area (Å²) in [5.74, 6) is 0.808. The second-order valence-corrected chi connectivity index (χ2v) is 9.66. The Hall–Kier alpha value is -2.51. The van der Waals surface area contributed by atoms with Gasteiger partial charge in [0.05, 0.1) is 11.7 Å². The lowest BCUT2D eigenvalue weighted by Crippen LogP contribution is -2.44. The Bertz CT molecular complexity index is 1140. The number of nitrogens with one attached hydrogen (secondary N) is 2.